The van der Waals surface area contributed by atoms with E-state index in [1.807, 2.05) is 5.92 Å². The van der Waals surface area contributed by atoms with Gasteiger partial charge in [0.15, 0.2) is 0 Å². The van der Waals surface area contributed by atoms with Gasteiger partial charge in [0.1, 0.15) is 0 Å². The Labute approximate surface area is 90.7 Å². The second-order valence-electron chi connectivity index (χ2n) is 2.58. The molecule has 0 spiro atoms. The molecule has 5 heteroatoms. The van der Waals surface area contributed by atoms with Crippen LogP contribution in [0.2, 0.25) is 5.02 Å². The smallest absolute Gasteiger partial charge is 0.337 e. The summed E-state index contributed by atoms with van der Waals surface area (Å²) < 4.78 is 0. The molecule has 3 N–H and O–H groups in total. The van der Waals surface area contributed by atoms with Crippen molar-refractivity contribution < 1.29 is 14.7 Å². The van der Waals surface area contributed by atoms with Crippen molar-refractivity contribution in [3.8, 4) is 11.8 Å². The maximum absolute atomic E-state index is 10.8. The van der Waals surface area contributed by atoms with Crippen LogP contribution >= 0.6 is 11.6 Å². The molecule has 0 aliphatic rings. The fourth-order valence-electron chi connectivity index (χ4n) is 0.954. The standard InChI is InChI=1S/C10H6ClNO3/c11-8-3-1-2-7(10(14)15)6(8)4-5-9(12)13/h1-3H,(H2,12,13)(H,14,15). The molecule has 0 saturated carbocycles. The SMILES string of the molecule is NC(=O)C#Cc1c(Cl)cccc1C(=O)O. The van der Waals surface area contributed by atoms with E-state index in [2.05, 4.69) is 5.92 Å². The topological polar surface area (TPSA) is 80.4 Å². The number of hydrogen-bond acceptors (Lipinski definition) is 2. The predicted molar refractivity (Wildman–Crippen MR) is 54.5 cm³/mol. The molecule has 1 rings (SSSR count). The summed E-state index contributed by atoms with van der Waals surface area (Å²) in [5.41, 5.74) is 4.84. The summed E-state index contributed by atoms with van der Waals surface area (Å²) in [7, 11) is 0. The van der Waals surface area contributed by atoms with E-state index < -0.39 is 11.9 Å². The van der Waals surface area contributed by atoms with Crippen LogP contribution in [-0.2, 0) is 4.79 Å². The van der Waals surface area contributed by atoms with E-state index in [1.165, 1.54) is 18.2 Å². The number of halogens is 1. The molecule has 76 valence electrons. The summed E-state index contributed by atoms with van der Waals surface area (Å²) in [6, 6.07) is 4.32. The molecule has 0 aliphatic heterocycles. The van der Waals surface area contributed by atoms with Crippen LogP contribution < -0.4 is 5.73 Å². The van der Waals surface area contributed by atoms with Crippen molar-refractivity contribution in [2.24, 2.45) is 5.73 Å². The minimum absolute atomic E-state index is 0.0590. The van der Waals surface area contributed by atoms with Gasteiger partial charge in [0.05, 0.1) is 16.1 Å². The highest BCUT2D eigenvalue weighted by atomic mass is 35.5. The number of aromatic carboxylic acids is 1. The van der Waals surface area contributed by atoms with Crippen LogP contribution in [0.1, 0.15) is 15.9 Å². The van der Waals surface area contributed by atoms with Gasteiger partial charge in [-0.2, -0.15) is 0 Å². The number of nitrogens with two attached hydrogens (primary N) is 1. The molecule has 1 aromatic carbocycles. The lowest BCUT2D eigenvalue weighted by Crippen LogP contribution is -2.07. The Kier molecular flexibility index (Phi) is 3.32. The third-order valence-corrected chi connectivity index (χ3v) is 1.87. The lowest BCUT2D eigenvalue weighted by molar-refractivity contribution is -0.112. The second kappa shape index (κ2) is 4.49. The van der Waals surface area contributed by atoms with Gasteiger partial charge in [0.25, 0.3) is 5.91 Å². The van der Waals surface area contributed by atoms with Crippen LogP contribution in [-0.4, -0.2) is 17.0 Å². The maximum atomic E-state index is 10.8. The highest BCUT2D eigenvalue weighted by molar-refractivity contribution is 6.32. The number of carboxylic acid groups (broad SMARTS) is 1. The van der Waals surface area contributed by atoms with E-state index in [-0.39, 0.29) is 16.1 Å². The normalized spacial score (nSPS) is 8.87. The van der Waals surface area contributed by atoms with E-state index >= 15 is 0 Å². The van der Waals surface area contributed by atoms with Gasteiger partial charge in [-0.15, -0.1) is 0 Å². The van der Waals surface area contributed by atoms with Gasteiger partial charge in [-0.05, 0) is 12.1 Å². The lowest BCUT2D eigenvalue weighted by atomic mass is 10.1. The van der Waals surface area contributed by atoms with Crippen LogP contribution in [0.3, 0.4) is 0 Å². The number of carbonyl (C=O) groups excluding carboxylic acids is 1. The Morgan fingerprint density at radius 3 is 2.60 bits per heavy atom. The summed E-state index contributed by atoms with van der Waals surface area (Å²) in [5, 5.41) is 8.98. The largest absolute Gasteiger partial charge is 0.478 e. The van der Waals surface area contributed by atoms with Crippen LogP contribution in [0.25, 0.3) is 0 Å². The number of rotatable bonds is 1. The molecule has 0 unspecified atom stereocenters. The van der Waals surface area contributed by atoms with Crippen molar-refractivity contribution in [3.05, 3.63) is 34.3 Å². The van der Waals surface area contributed by atoms with Crippen molar-refractivity contribution in [1.82, 2.24) is 0 Å². The molecule has 0 aliphatic carbocycles. The van der Waals surface area contributed by atoms with E-state index in [0.29, 0.717) is 0 Å². The third-order valence-electron chi connectivity index (χ3n) is 1.55. The first-order valence-electron chi connectivity index (χ1n) is 3.85. The summed E-state index contributed by atoms with van der Waals surface area (Å²) in [6.07, 6.45) is 0. The number of amides is 1. The van der Waals surface area contributed by atoms with E-state index in [4.69, 9.17) is 22.4 Å². The van der Waals surface area contributed by atoms with Gasteiger partial charge >= 0.3 is 5.97 Å². The third kappa shape index (κ3) is 2.73. The van der Waals surface area contributed by atoms with Crippen LogP contribution in [0.15, 0.2) is 18.2 Å². The molecular formula is C10H6ClNO3. The Morgan fingerprint density at radius 2 is 2.07 bits per heavy atom. The molecule has 0 saturated heterocycles. The predicted octanol–water partition coefficient (Wildman–Crippen LogP) is 0.875. The minimum atomic E-state index is -1.16. The number of benzene rings is 1. The number of hydrogen-bond donors (Lipinski definition) is 2. The fraction of sp³-hybridized carbons (Fsp3) is 0. The first-order chi connectivity index (χ1) is 7.02. The monoisotopic (exact) mass is 223 g/mol. The molecule has 0 aromatic heterocycles. The average molecular weight is 224 g/mol. The molecule has 0 heterocycles. The summed E-state index contributed by atoms with van der Waals surface area (Å²) in [5.74, 6) is 2.36. The summed E-state index contributed by atoms with van der Waals surface area (Å²) in [4.78, 5) is 21.2. The minimum Gasteiger partial charge on any atom is -0.478 e. The van der Waals surface area contributed by atoms with Crippen molar-refractivity contribution in [2.75, 3.05) is 0 Å². The van der Waals surface area contributed by atoms with E-state index in [0.717, 1.165) is 0 Å². The lowest BCUT2D eigenvalue weighted by Gasteiger charge is -2.00. The Hall–Kier alpha value is -1.99. The zero-order chi connectivity index (χ0) is 11.4. The van der Waals surface area contributed by atoms with Gasteiger partial charge in [-0.25, -0.2) is 4.79 Å². The summed E-state index contributed by atoms with van der Waals surface area (Å²) >= 11 is 5.74. The maximum Gasteiger partial charge on any atom is 0.337 e. The van der Waals surface area contributed by atoms with Gasteiger partial charge in [-0.3, -0.25) is 4.79 Å². The highest BCUT2D eigenvalue weighted by Gasteiger charge is 2.10. The van der Waals surface area contributed by atoms with E-state index in [9.17, 15) is 9.59 Å². The van der Waals surface area contributed by atoms with Crippen LogP contribution in [0, 0.1) is 11.8 Å². The van der Waals surface area contributed by atoms with Crippen molar-refractivity contribution in [3.63, 3.8) is 0 Å². The van der Waals surface area contributed by atoms with Crippen molar-refractivity contribution >= 4 is 23.5 Å². The second-order valence-corrected chi connectivity index (χ2v) is 2.99. The highest BCUT2D eigenvalue weighted by Crippen LogP contribution is 2.18. The molecule has 15 heavy (non-hydrogen) atoms. The Bertz CT molecular complexity index is 485. The van der Waals surface area contributed by atoms with Crippen molar-refractivity contribution in [2.45, 2.75) is 0 Å². The first-order valence-corrected chi connectivity index (χ1v) is 4.23. The van der Waals surface area contributed by atoms with Crippen LogP contribution in [0.5, 0.6) is 0 Å². The molecule has 0 radical (unpaired) electrons. The molecule has 0 bridgehead atoms. The Morgan fingerprint density at radius 1 is 1.40 bits per heavy atom. The van der Waals surface area contributed by atoms with Gasteiger partial charge in [0, 0.05) is 5.92 Å². The van der Waals surface area contributed by atoms with Crippen LogP contribution in [0.4, 0.5) is 0 Å². The molecule has 0 atom stereocenters. The van der Waals surface area contributed by atoms with Gasteiger partial charge < -0.3 is 10.8 Å². The molecule has 4 nitrogen and oxygen atoms in total. The molecule has 0 fully saturated rings. The molecular weight excluding hydrogens is 218 g/mol. The zero-order valence-corrected chi connectivity index (χ0v) is 8.21. The average Bonchev–Trinajstić information content (AvgIpc) is 2.15. The number of carbonyl (C=O) groups is 2. The zero-order valence-electron chi connectivity index (χ0n) is 7.45. The fourth-order valence-corrected chi connectivity index (χ4v) is 1.18. The quantitative estimate of drug-likeness (QED) is 0.694. The number of primary amides is 1. The van der Waals surface area contributed by atoms with Crippen molar-refractivity contribution in [1.29, 1.82) is 0 Å². The first kappa shape index (κ1) is 11.1. The molecule has 1 amide bonds. The van der Waals surface area contributed by atoms with E-state index in [1.54, 1.807) is 0 Å². The molecule has 1 aromatic rings. The Balaban J connectivity index is 3.33. The van der Waals surface area contributed by atoms with Gasteiger partial charge in [0.2, 0.25) is 0 Å². The van der Waals surface area contributed by atoms with Gasteiger partial charge in [-0.1, -0.05) is 23.6 Å². The summed E-state index contributed by atoms with van der Waals surface area (Å²) in [6.45, 7) is 0. The number of carboxylic acids is 1.